The maximum atomic E-state index is 13.1. The Hall–Kier alpha value is -3.42. The average molecular weight is 503 g/mol. The molecule has 4 aromatic rings. The third kappa shape index (κ3) is 4.45. The van der Waals surface area contributed by atoms with Gasteiger partial charge in [0.15, 0.2) is 0 Å². The summed E-state index contributed by atoms with van der Waals surface area (Å²) in [6.07, 6.45) is 3.47. The predicted octanol–water partition coefficient (Wildman–Crippen LogP) is 5.11. The summed E-state index contributed by atoms with van der Waals surface area (Å²) in [7, 11) is 2.16. The number of fused-ring (bicyclic) bond motifs is 2. The van der Waals surface area contributed by atoms with Crippen LogP contribution in [0.15, 0.2) is 65.6 Å². The zero-order chi connectivity index (χ0) is 23.9. The zero-order valence-corrected chi connectivity index (χ0v) is 20.4. The van der Waals surface area contributed by atoms with Crippen molar-refractivity contribution in [3.05, 3.63) is 87.3 Å². The molecule has 0 saturated carbocycles. The van der Waals surface area contributed by atoms with Crippen LogP contribution in [0.4, 0.5) is 17.3 Å². The molecule has 8 heteroatoms. The lowest BCUT2D eigenvalue weighted by Gasteiger charge is -2.34. The van der Waals surface area contributed by atoms with Crippen LogP contribution in [0.2, 0.25) is 5.02 Å². The first-order chi connectivity index (χ1) is 17.1. The topological polar surface area (TPSA) is 66.3 Å². The quantitative estimate of drug-likeness (QED) is 0.418. The van der Waals surface area contributed by atoms with E-state index in [1.165, 1.54) is 11.3 Å². The lowest BCUT2D eigenvalue weighted by Crippen LogP contribution is -2.44. The highest BCUT2D eigenvalue weighted by molar-refractivity contribution is 6.31. The summed E-state index contributed by atoms with van der Waals surface area (Å²) in [6.45, 7) is 4.21. The van der Waals surface area contributed by atoms with E-state index in [0.29, 0.717) is 16.6 Å². The highest BCUT2D eigenvalue weighted by atomic mass is 35.5. The minimum Gasteiger partial charge on any atom is -0.369 e. The van der Waals surface area contributed by atoms with E-state index in [2.05, 4.69) is 45.3 Å². The number of aryl methyl sites for hydroxylation is 1. The van der Waals surface area contributed by atoms with E-state index in [1.54, 1.807) is 22.9 Å². The Kier molecular flexibility index (Phi) is 6.69. The third-order valence-electron chi connectivity index (χ3n) is 7.13. The maximum absolute atomic E-state index is 13.1. The highest BCUT2D eigenvalue weighted by Gasteiger charge is 2.28. The molecule has 1 unspecified atom stereocenters. The number of pyridine rings is 1. The molecule has 0 radical (unpaired) electrons. The van der Waals surface area contributed by atoms with Crippen LogP contribution in [0, 0.1) is 0 Å². The van der Waals surface area contributed by atoms with Crippen molar-refractivity contribution < 1.29 is 0 Å². The minimum atomic E-state index is -0.138. The second-order valence-electron chi connectivity index (χ2n) is 9.34. The van der Waals surface area contributed by atoms with Gasteiger partial charge in [0.1, 0.15) is 5.65 Å². The van der Waals surface area contributed by atoms with E-state index in [-0.39, 0.29) is 19.0 Å². The van der Waals surface area contributed by atoms with Gasteiger partial charge in [-0.1, -0.05) is 31.2 Å². The minimum absolute atomic E-state index is 0. The van der Waals surface area contributed by atoms with Gasteiger partial charge in [0.2, 0.25) is 5.95 Å². The normalized spacial score (nSPS) is 17.6. The number of benzene rings is 2. The molecule has 1 N–H and O–H groups in total. The summed E-state index contributed by atoms with van der Waals surface area (Å²) in [6, 6.07) is 17.5. The van der Waals surface area contributed by atoms with Gasteiger partial charge in [-0.2, -0.15) is 4.98 Å². The molecule has 1 fully saturated rings. The molecule has 0 spiro atoms. The van der Waals surface area contributed by atoms with Crippen molar-refractivity contribution in [2.75, 3.05) is 43.4 Å². The van der Waals surface area contributed by atoms with Gasteiger partial charge >= 0.3 is 0 Å². The number of rotatable bonds is 4. The maximum Gasteiger partial charge on any atom is 0.252 e. The number of piperazine rings is 1. The zero-order valence-electron chi connectivity index (χ0n) is 19.6. The smallest absolute Gasteiger partial charge is 0.252 e. The Bertz CT molecular complexity index is 1440. The third-order valence-corrected chi connectivity index (χ3v) is 7.46. The molecule has 1 aliphatic heterocycles. The second kappa shape index (κ2) is 9.91. The van der Waals surface area contributed by atoms with E-state index >= 15 is 0 Å². The van der Waals surface area contributed by atoms with Crippen molar-refractivity contribution in [3.63, 3.8) is 0 Å². The summed E-state index contributed by atoms with van der Waals surface area (Å²) < 4.78 is 1.77. The largest absolute Gasteiger partial charge is 0.369 e. The first kappa shape index (κ1) is 24.3. The van der Waals surface area contributed by atoms with Gasteiger partial charge in [0, 0.05) is 60.2 Å². The second-order valence-corrected chi connectivity index (χ2v) is 9.75. The van der Waals surface area contributed by atoms with Crippen molar-refractivity contribution in [1.82, 2.24) is 19.4 Å². The van der Waals surface area contributed by atoms with Gasteiger partial charge < -0.3 is 15.1 Å². The molecular weight excluding hydrogens is 472 g/mol. The Morgan fingerprint density at radius 2 is 1.78 bits per heavy atom. The summed E-state index contributed by atoms with van der Waals surface area (Å²) in [5.74, 6) is 0.460. The Balaban J connectivity index is 0.00000267. The van der Waals surface area contributed by atoms with E-state index in [4.69, 9.17) is 16.6 Å². The standard InChI is InChI=1S/C27H27ClN6O.CH4/c1-32-13-15-33(16-14-32)21-9-7-20(8-10-21)30-27-29-17-19-6-12-24(35)34(26(19)31-27)23-11-5-18-3-2-4-22(28)25(18)23;/h2-4,6-10,12,17,23H,5,11,13-16H2,1H3,(H,29,30,31);1H4. The molecule has 1 atom stereocenters. The van der Waals surface area contributed by atoms with Crippen molar-refractivity contribution in [3.8, 4) is 0 Å². The highest BCUT2D eigenvalue weighted by Crippen LogP contribution is 2.39. The van der Waals surface area contributed by atoms with Crippen LogP contribution in [-0.2, 0) is 6.42 Å². The van der Waals surface area contributed by atoms with E-state index in [0.717, 1.165) is 55.7 Å². The van der Waals surface area contributed by atoms with Gasteiger partial charge in [0.05, 0.1) is 6.04 Å². The van der Waals surface area contributed by atoms with E-state index < -0.39 is 0 Å². The van der Waals surface area contributed by atoms with Crippen LogP contribution in [0.5, 0.6) is 0 Å². The number of anilines is 3. The summed E-state index contributed by atoms with van der Waals surface area (Å²) >= 11 is 6.57. The first-order valence-electron chi connectivity index (χ1n) is 12.0. The van der Waals surface area contributed by atoms with Gasteiger partial charge in [-0.05, 0) is 67.4 Å². The van der Waals surface area contributed by atoms with Crippen LogP contribution in [0.3, 0.4) is 0 Å². The fraction of sp³-hybridized carbons (Fsp3) is 0.321. The summed E-state index contributed by atoms with van der Waals surface area (Å²) in [4.78, 5) is 27.1. The molecule has 2 aromatic heterocycles. The molecule has 3 heterocycles. The average Bonchev–Trinajstić information content (AvgIpc) is 3.30. The van der Waals surface area contributed by atoms with Gasteiger partial charge in [-0.25, -0.2) is 4.98 Å². The van der Waals surface area contributed by atoms with Crippen molar-refractivity contribution in [2.45, 2.75) is 26.3 Å². The molecule has 0 amide bonds. The van der Waals surface area contributed by atoms with Gasteiger partial charge in [-0.15, -0.1) is 0 Å². The molecule has 2 aromatic carbocycles. The molecule has 6 rings (SSSR count). The number of nitrogens with one attached hydrogen (secondary N) is 1. The van der Waals surface area contributed by atoms with Crippen molar-refractivity contribution in [2.24, 2.45) is 0 Å². The predicted molar refractivity (Wildman–Crippen MR) is 148 cm³/mol. The van der Waals surface area contributed by atoms with Crippen molar-refractivity contribution >= 4 is 40.0 Å². The first-order valence-corrected chi connectivity index (χ1v) is 12.4. The van der Waals surface area contributed by atoms with Crippen molar-refractivity contribution in [1.29, 1.82) is 0 Å². The summed E-state index contributed by atoms with van der Waals surface area (Å²) in [5, 5.41) is 4.83. The molecule has 2 aliphatic rings. The molecule has 186 valence electrons. The monoisotopic (exact) mass is 502 g/mol. The number of likely N-dealkylation sites (N-methyl/N-ethyl adjacent to an activating group) is 1. The SMILES string of the molecule is C.CN1CCN(c2ccc(Nc3ncc4ccc(=O)n(C5CCc6cccc(Cl)c65)c4n3)cc2)CC1. The molecule has 1 aliphatic carbocycles. The number of halogens is 1. The van der Waals surface area contributed by atoms with Crippen LogP contribution in [0.25, 0.3) is 11.0 Å². The number of aromatic nitrogens is 3. The van der Waals surface area contributed by atoms with E-state index in [9.17, 15) is 4.79 Å². The van der Waals surface area contributed by atoms with Crippen LogP contribution in [0.1, 0.15) is 31.0 Å². The van der Waals surface area contributed by atoms with E-state index in [1.807, 2.05) is 24.3 Å². The number of hydrogen-bond donors (Lipinski definition) is 1. The fourth-order valence-corrected chi connectivity index (χ4v) is 5.54. The van der Waals surface area contributed by atoms with Crippen LogP contribution in [-0.4, -0.2) is 52.7 Å². The molecule has 1 saturated heterocycles. The lowest BCUT2D eigenvalue weighted by molar-refractivity contribution is 0.313. The van der Waals surface area contributed by atoms with Gasteiger partial charge in [0.25, 0.3) is 5.56 Å². The molecule has 0 bridgehead atoms. The number of hydrogen-bond acceptors (Lipinski definition) is 6. The molecular formula is C28H31ClN6O. The number of nitrogens with zero attached hydrogens (tertiary/aromatic N) is 5. The van der Waals surface area contributed by atoms with Crippen LogP contribution < -0.4 is 15.8 Å². The Morgan fingerprint density at radius 1 is 1.00 bits per heavy atom. The fourth-order valence-electron chi connectivity index (χ4n) is 5.22. The van der Waals surface area contributed by atoms with Crippen LogP contribution >= 0.6 is 11.6 Å². The summed E-state index contributed by atoms with van der Waals surface area (Å²) in [5.41, 5.74) is 4.86. The Labute approximate surface area is 216 Å². The molecule has 7 nitrogen and oxygen atoms in total. The molecule has 36 heavy (non-hydrogen) atoms. The lowest BCUT2D eigenvalue weighted by atomic mass is 10.1. The Morgan fingerprint density at radius 3 is 2.56 bits per heavy atom. The van der Waals surface area contributed by atoms with Gasteiger partial charge in [-0.3, -0.25) is 9.36 Å².